The van der Waals surface area contributed by atoms with Crippen molar-refractivity contribution in [3.63, 3.8) is 0 Å². The highest BCUT2D eigenvalue weighted by molar-refractivity contribution is 5.19. The van der Waals surface area contributed by atoms with Crippen molar-refractivity contribution >= 4 is 0 Å². The van der Waals surface area contributed by atoms with Crippen molar-refractivity contribution < 1.29 is 4.74 Å². The van der Waals surface area contributed by atoms with Crippen LogP contribution in [-0.4, -0.2) is 18.1 Å². The number of rotatable bonds is 7. The molecule has 3 nitrogen and oxygen atoms in total. The molecule has 0 bridgehead atoms. The van der Waals surface area contributed by atoms with E-state index in [9.17, 15) is 0 Å². The van der Waals surface area contributed by atoms with Crippen LogP contribution in [0.5, 0.6) is 5.75 Å². The average molecular weight is 220 g/mol. The minimum Gasteiger partial charge on any atom is -0.492 e. The molecule has 0 atom stereocenters. The highest BCUT2D eigenvalue weighted by Crippen LogP contribution is 2.29. The molecule has 1 aromatic rings. The van der Waals surface area contributed by atoms with Crippen LogP contribution in [0.3, 0.4) is 0 Å². The third-order valence-electron chi connectivity index (χ3n) is 2.71. The zero-order valence-corrected chi connectivity index (χ0v) is 9.91. The van der Waals surface area contributed by atoms with E-state index < -0.39 is 0 Å². The predicted molar refractivity (Wildman–Crippen MR) is 64.5 cm³/mol. The second-order valence-electron chi connectivity index (χ2n) is 4.42. The van der Waals surface area contributed by atoms with Gasteiger partial charge in [0.05, 0.1) is 18.5 Å². The van der Waals surface area contributed by atoms with E-state index in [2.05, 4.69) is 17.2 Å². The summed E-state index contributed by atoms with van der Waals surface area (Å²) in [7, 11) is 0. The van der Waals surface area contributed by atoms with Gasteiger partial charge in [-0.25, -0.2) is 0 Å². The maximum absolute atomic E-state index is 5.63. The van der Waals surface area contributed by atoms with Gasteiger partial charge in [-0.15, -0.1) is 0 Å². The third kappa shape index (κ3) is 3.81. The van der Waals surface area contributed by atoms with E-state index >= 15 is 0 Å². The Morgan fingerprint density at radius 2 is 2.31 bits per heavy atom. The molecule has 0 unspecified atom stereocenters. The van der Waals surface area contributed by atoms with Gasteiger partial charge in [0.2, 0.25) is 0 Å². The van der Waals surface area contributed by atoms with E-state index in [1.807, 2.05) is 18.3 Å². The van der Waals surface area contributed by atoms with Gasteiger partial charge >= 0.3 is 0 Å². The van der Waals surface area contributed by atoms with Crippen molar-refractivity contribution in [2.75, 3.05) is 13.2 Å². The molecule has 16 heavy (non-hydrogen) atoms. The standard InChI is InChI=1S/C13H20N2O/c1-2-7-14-8-12-5-6-13(9-15-12)16-10-11-3-4-11/h5-6,9,11,14H,2-4,7-8,10H2,1H3. The first kappa shape index (κ1) is 11.4. The predicted octanol–water partition coefficient (Wildman–Crippen LogP) is 2.37. The van der Waals surface area contributed by atoms with Gasteiger partial charge in [0.1, 0.15) is 5.75 Å². The molecule has 0 amide bonds. The zero-order chi connectivity index (χ0) is 11.2. The number of pyridine rings is 1. The van der Waals surface area contributed by atoms with Crippen LogP contribution in [-0.2, 0) is 6.54 Å². The normalized spacial score (nSPS) is 15.1. The first-order valence-corrected chi connectivity index (χ1v) is 6.17. The topological polar surface area (TPSA) is 34.1 Å². The summed E-state index contributed by atoms with van der Waals surface area (Å²) in [6, 6.07) is 4.04. The van der Waals surface area contributed by atoms with Crippen molar-refractivity contribution in [1.29, 1.82) is 0 Å². The van der Waals surface area contributed by atoms with Crippen molar-refractivity contribution in [2.24, 2.45) is 5.92 Å². The Morgan fingerprint density at radius 3 is 2.94 bits per heavy atom. The molecule has 88 valence electrons. The van der Waals surface area contributed by atoms with Crippen LogP contribution in [0.4, 0.5) is 0 Å². The first-order valence-electron chi connectivity index (χ1n) is 6.17. The van der Waals surface area contributed by atoms with Gasteiger partial charge in [0, 0.05) is 6.54 Å². The smallest absolute Gasteiger partial charge is 0.137 e. The van der Waals surface area contributed by atoms with Crippen molar-refractivity contribution in [3.05, 3.63) is 24.0 Å². The molecule has 0 radical (unpaired) electrons. The Balaban J connectivity index is 1.74. The molecular weight excluding hydrogens is 200 g/mol. The van der Waals surface area contributed by atoms with Crippen LogP contribution < -0.4 is 10.1 Å². The highest BCUT2D eigenvalue weighted by atomic mass is 16.5. The lowest BCUT2D eigenvalue weighted by molar-refractivity contribution is 0.298. The lowest BCUT2D eigenvalue weighted by Crippen LogP contribution is -2.14. The zero-order valence-electron chi connectivity index (χ0n) is 9.91. The molecule has 1 aliphatic carbocycles. The van der Waals surface area contributed by atoms with Gasteiger partial charge in [-0.1, -0.05) is 6.92 Å². The monoisotopic (exact) mass is 220 g/mol. The van der Waals surface area contributed by atoms with Crippen LogP contribution in [0.1, 0.15) is 31.9 Å². The Bertz CT molecular complexity index is 306. The van der Waals surface area contributed by atoms with Gasteiger partial charge in [0.25, 0.3) is 0 Å². The molecular formula is C13H20N2O. The largest absolute Gasteiger partial charge is 0.492 e. The molecule has 0 spiro atoms. The third-order valence-corrected chi connectivity index (χ3v) is 2.71. The second-order valence-corrected chi connectivity index (χ2v) is 4.42. The maximum atomic E-state index is 5.63. The number of nitrogens with zero attached hydrogens (tertiary/aromatic N) is 1. The van der Waals surface area contributed by atoms with E-state index in [4.69, 9.17) is 4.74 Å². The Labute approximate surface area is 97.2 Å². The Morgan fingerprint density at radius 1 is 1.44 bits per heavy atom. The lowest BCUT2D eigenvalue weighted by atomic mass is 10.3. The molecule has 0 aromatic carbocycles. The molecule has 1 N–H and O–H groups in total. The molecule has 2 rings (SSSR count). The van der Waals surface area contributed by atoms with Crippen LogP contribution in [0.2, 0.25) is 0 Å². The van der Waals surface area contributed by atoms with E-state index in [1.54, 1.807) is 0 Å². The second kappa shape index (κ2) is 5.85. The van der Waals surface area contributed by atoms with Crippen molar-refractivity contribution in [3.8, 4) is 5.75 Å². The lowest BCUT2D eigenvalue weighted by Gasteiger charge is -2.06. The average Bonchev–Trinajstić information content (AvgIpc) is 3.12. The molecule has 1 aromatic heterocycles. The summed E-state index contributed by atoms with van der Waals surface area (Å²) in [5, 5.41) is 3.33. The van der Waals surface area contributed by atoms with E-state index in [0.717, 1.165) is 43.5 Å². The van der Waals surface area contributed by atoms with Gasteiger partial charge in [-0.2, -0.15) is 0 Å². The van der Waals surface area contributed by atoms with Crippen molar-refractivity contribution in [1.82, 2.24) is 10.3 Å². The van der Waals surface area contributed by atoms with Crippen LogP contribution >= 0.6 is 0 Å². The summed E-state index contributed by atoms with van der Waals surface area (Å²) >= 11 is 0. The van der Waals surface area contributed by atoms with Gasteiger partial charge in [-0.05, 0) is 43.9 Å². The number of nitrogens with one attached hydrogen (secondary N) is 1. The van der Waals surface area contributed by atoms with E-state index in [-0.39, 0.29) is 0 Å². The highest BCUT2D eigenvalue weighted by Gasteiger charge is 2.21. The summed E-state index contributed by atoms with van der Waals surface area (Å²) in [6.45, 7) is 4.91. The maximum Gasteiger partial charge on any atom is 0.137 e. The summed E-state index contributed by atoms with van der Waals surface area (Å²) in [6.07, 6.45) is 5.63. The molecule has 1 fully saturated rings. The van der Waals surface area contributed by atoms with Crippen LogP contribution in [0.25, 0.3) is 0 Å². The quantitative estimate of drug-likeness (QED) is 0.716. The fourth-order valence-corrected chi connectivity index (χ4v) is 1.49. The van der Waals surface area contributed by atoms with Crippen LogP contribution in [0, 0.1) is 5.92 Å². The number of hydrogen-bond donors (Lipinski definition) is 1. The summed E-state index contributed by atoms with van der Waals surface area (Å²) in [4.78, 5) is 4.36. The minimum absolute atomic E-state index is 0.797. The minimum atomic E-state index is 0.797. The number of aromatic nitrogens is 1. The number of hydrogen-bond acceptors (Lipinski definition) is 3. The Hall–Kier alpha value is -1.09. The van der Waals surface area contributed by atoms with E-state index in [1.165, 1.54) is 12.8 Å². The molecule has 1 aliphatic rings. The fraction of sp³-hybridized carbons (Fsp3) is 0.615. The fourth-order valence-electron chi connectivity index (χ4n) is 1.49. The van der Waals surface area contributed by atoms with E-state index in [0.29, 0.717) is 0 Å². The molecule has 3 heteroatoms. The number of ether oxygens (including phenoxy) is 1. The van der Waals surface area contributed by atoms with Gasteiger partial charge in [0.15, 0.2) is 0 Å². The van der Waals surface area contributed by atoms with Crippen LogP contribution in [0.15, 0.2) is 18.3 Å². The van der Waals surface area contributed by atoms with Gasteiger partial charge in [-0.3, -0.25) is 4.98 Å². The Kier molecular flexibility index (Phi) is 4.17. The molecule has 0 saturated heterocycles. The summed E-state index contributed by atoms with van der Waals surface area (Å²) < 4.78 is 5.63. The molecule has 1 saturated carbocycles. The SMILES string of the molecule is CCCNCc1ccc(OCC2CC2)cn1. The molecule has 0 aliphatic heterocycles. The van der Waals surface area contributed by atoms with Crippen molar-refractivity contribution in [2.45, 2.75) is 32.7 Å². The molecule has 1 heterocycles. The summed E-state index contributed by atoms with van der Waals surface area (Å²) in [5.41, 5.74) is 1.08. The summed E-state index contributed by atoms with van der Waals surface area (Å²) in [5.74, 6) is 1.69. The first-order chi connectivity index (χ1) is 7.88. The van der Waals surface area contributed by atoms with Gasteiger partial charge < -0.3 is 10.1 Å².